The van der Waals surface area contributed by atoms with Crippen molar-refractivity contribution >= 4 is 23.2 Å². The summed E-state index contributed by atoms with van der Waals surface area (Å²) in [6.07, 6.45) is 1.07. The fourth-order valence-electron chi connectivity index (χ4n) is 3.37. The second-order valence-corrected chi connectivity index (χ2v) is 7.76. The molecule has 0 radical (unpaired) electrons. The first-order valence-electron chi connectivity index (χ1n) is 9.24. The molecule has 0 aliphatic carbocycles. The number of rotatable bonds is 4. The Balaban J connectivity index is 1.57. The van der Waals surface area contributed by atoms with Crippen molar-refractivity contribution in [1.82, 2.24) is 14.4 Å². The summed E-state index contributed by atoms with van der Waals surface area (Å²) in [5, 5.41) is 1.81. The van der Waals surface area contributed by atoms with Crippen LogP contribution < -0.4 is 4.87 Å². The first-order chi connectivity index (χ1) is 13.0. The average molecular weight is 388 g/mol. The van der Waals surface area contributed by atoms with Crippen LogP contribution in [0.15, 0.2) is 34.4 Å². The predicted molar refractivity (Wildman–Crippen MR) is 106 cm³/mol. The highest BCUT2D eigenvalue weighted by Crippen LogP contribution is 2.12. The van der Waals surface area contributed by atoms with Gasteiger partial charge in [0.2, 0.25) is 5.91 Å². The van der Waals surface area contributed by atoms with Gasteiger partial charge in [-0.05, 0) is 32.4 Å². The Morgan fingerprint density at radius 3 is 2.52 bits per heavy atom. The lowest BCUT2D eigenvalue weighted by molar-refractivity contribution is -0.131. The molecule has 3 rings (SSSR count). The molecule has 27 heavy (non-hydrogen) atoms. The molecule has 0 spiro atoms. The zero-order chi connectivity index (χ0) is 19.4. The smallest absolute Gasteiger partial charge is 0.307 e. The minimum absolute atomic E-state index is 0.0217. The number of thiazole rings is 1. The summed E-state index contributed by atoms with van der Waals surface area (Å²) < 4.78 is 1.65. The zero-order valence-corrected chi connectivity index (χ0v) is 16.6. The second kappa shape index (κ2) is 8.52. The number of nitrogens with zero attached hydrogens (tertiary/aromatic N) is 3. The third-order valence-electron chi connectivity index (χ3n) is 4.93. The molecule has 0 N–H and O–H groups in total. The Hall–Kier alpha value is -2.41. The van der Waals surface area contributed by atoms with Gasteiger partial charge in [0, 0.05) is 55.8 Å². The Labute approximate surface area is 163 Å². The van der Waals surface area contributed by atoms with E-state index >= 15 is 0 Å². The SMILES string of the molecule is Cc1cccc(C(=O)N2CCCN(C(=O)CCn3c(C)csc3=O)CC2)c1. The van der Waals surface area contributed by atoms with Crippen molar-refractivity contribution in [3.8, 4) is 0 Å². The minimum atomic E-state index is -0.0221. The van der Waals surface area contributed by atoms with E-state index in [0.29, 0.717) is 44.7 Å². The maximum absolute atomic E-state index is 12.7. The highest BCUT2D eigenvalue weighted by Gasteiger charge is 2.23. The molecule has 1 aliphatic heterocycles. The van der Waals surface area contributed by atoms with Crippen molar-refractivity contribution < 1.29 is 9.59 Å². The molecular weight excluding hydrogens is 362 g/mol. The summed E-state index contributed by atoms with van der Waals surface area (Å²) in [6, 6.07) is 7.60. The molecule has 0 unspecified atom stereocenters. The molecular formula is C20H25N3O3S. The van der Waals surface area contributed by atoms with Crippen LogP contribution in [0.1, 0.15) is 34.5 Å². The highest BCUT2D eigenvalue weighted by atomic mass is 32.1. The first-order valence-corrected chi connectivity index (χ1v) is 10.1. The van der Waals surface area contributed by atoms with Crippen LogP contribution in [0, 0.1) is 13.8 Å². The van der Waals surface area contributed by atoms with Crippen molar-refractivity contribution in [2.75, 3.05) is 26.2 Å². The largest absolute Gasteiger partial charge is 0.341 e. The summed E-state index contributed by atoms with van der Waals surface area (Å²) in [7, 11) is 0. The lowest BCUT2D eigenvalue weighted by Crippen LogP contribution is -2.37. The summed E-state index contributed by atoms with van der Waals surface area (Å²) >= 11 is 1.16. The quantitative estimate of drug-likeness (QED) is 0.809. The Morgan fingerprint density at radius 2 is 1.81 bits per heavy atom. The van der Waals surface area contributed by atoms with Crippen LogP contribution in [0.3, 0.4) is 0 Å². The number of hydrogen-bond donors (Lipinski definition) is 0. The van der Waals surface area contributed by atoms with Crippen molar-refractivity contribution in [1.29, 1.82) is 0 Å². The molecule has 1 aliphatic rings. The third kappa shape index (κ3) is 4.66. The van der Waals surface area contributed by atoms with E-state index in [-0.39, 0.29) is 16.7 Å². The third-order valence-corrected chi connectivity index (χ3v) is 5.81. The van der Waals surface area contributed by atoms with Gasteiger partial charge in [-0.25, -0.2) is 0 Å². The van der Waals surface area contributed by atoms with Crippen molar-refractivity contribution in [2.45, 2.75) is 33.2 Å². The Bertz CT molecular complexity index is 887. The van der Waals surface area contributed by atoms with Crippen LogP contribution in [0.2, 0.25) is 0 Å². The highest BCUT2D eigenvalue weighted by molar-refractivity contribution is 7.07. The number of benzene rings is 1. The Morgan fingerprint density at radius 1 is 1.07 bits per heavy atom. The van der Waals surface area contributed by atoms with Gasteiger partial charge < -0.3 is 14.4 Å². The van der Waals surface area contributed by atoms with Crippen LogP contribution in [0.5, 0.6) is 0 Å². The molecule has 1 fully saturated rings. The van der Waals surface area contributed by atoms with Gasteiger partial charge in [-0.3, -0.25) is 14.4 Å². The monoisotopic (exact) mass is 387 g/mol. The molecule has 0 bridgehead atoms. The van der Waals surface area contributed by atoms with Gasteiger partial charge in [0.05, 0.1) is 0 Å². The summed E-state index contributed by atoms with van der Waals surface area (Å²) in [6.45, 7) is 6.64. The van der Waals surface area contributed by atoms with Crippen LogP contribution in [0.4, 0.5) is 0 Å². The van der Waals surface area contributed by atoms with Crippen LogP contribution in [-0.4, -0.2) is 52.4 Å². The van der Waals surface area contributed by atoms with E-state index in [1.54, 1.807) is 4.57 Å². The molecule has 2 aromatic rings. The van der Waals surface area contributed by atoms with Gasteiger partial charge in [-0.1, -0.05) is 29.0 Å². The van der Waals surface area contributed by atoms with Crippen LogP contribution >= 0.6 is 11.3 Å². The topological polar surface area (TPSA) is 62.6 Å². The number of carbonyl (C=O) groups is 2. The fourth-order valence-corrected chi connectivity index (χ4v) is 4.13. The second-order valence-electron chi connectivity index (χ2n) is 6.94. The molecule has 7 heteroatoms. The van der Waals surface area contributed by atoms with Gasteiger partial charge in [-0.2, -0.15) is 0 Å². The number of carbonyl (C=O) groups excluding carboxylic acids is 2. The number of hydrogen-bond acceptors (Lipinski definition) is 4. The lowest BCUT2D eigenvalue weighted by Gasteiger charge is -2.22. The average Bonchev–Trinajstić information content (AvgIpc) is 2.86. The predicted octanol–water partition coefficient (Wildman–Crippen LogP) is 2.29. The van der Waals surface area contributed by atoms with Crippen molar-refractivity contribution in [2.24, 2.45) is 0 Å². The molecule has 1 saturated heterocycles. The summed E-state index contributed by atoms with van der Waals surface area (Å²) in [4.78, 5) is 40.7. The van der Waals surface area contributed by atoms with Gasteiger partial charge in [0.15, 0.2) is 0 Å². The van der Waals surface area contributed by atoms with E-state index in [9.17, 15) is 14.4 Å². The number of aryl methyl sites for hydroxylation is 2. The Kier molecular flexibility index (Phi) is 6.11. The minimum Gasteiger partial charge on any atom is -0.341 e. The first kappa shape index (κ1) is 19.4. The van der Waals surface area contributed by atoms with Crippen molar-refractivity contribution in [3.63, 3.8) is 0 Å². The van der Waals surface area contributed by atoms with E-state index in [4.69, 9.17) is 0 Å². The van der Waals surface area contributed by atoms with E-state index in [1.807, 2.05) is 53.3 Å². The summed E-state index contributed by atoms with van der Waals surface area (Å²) in [5.74, 6) is 0.0609. The fraction of sp³-hybridized carbons (Fsp3) is 0.450. The molecule has 2 heterocycles. The number of aromatic nitrogens is 1. The molecule has 6 nitrogen and oxygen atoms in total. The normalized spacial score (nSPS) is 14.9. The van der Waals surface area contributed by atoms with Gasteiger partial charge in [0.1, 0.15) is 0 Å². The van der Waals surface area contributed by atoms with Gasteiger partial charge >= 0.3 is 4.87 Å². The summed E-state index contributed by atoms with van der Waals surface area (Å²) in [5.41, 5.74) is 2.65. The lowest BCUT2D eigenvalue weighted by atomic mass is 10.1. The molecule has 2 amide bonds. The molecule has 1 aromatic heterocycles. The molecule has 144 valence electrons. The molecule has 0 saturated carbocycles. The van der Waals surface area contributed by atoms with E-state index < -0.39 is 0 Å². The van der Waals surface area contributed by atoms with Gasteiger partial charge in [-0.15, -0.1) is 0 Å². The van der Waals surface area contributed by atoms with Crippen molar-refractivity contribution in [3.05, 3.63) is 56.1 Å². The van der Waals surface area contributed by atoms with Gasteiger partial charge in [0.25, 0.3) is 5.91 Å². The zero-order valence-electron chi connectivity index (χ0n) is 15.8. The van der Waals surface area contributed by atoms with E-state index in [2.05, 4.69) is 0 Å². The van der Waals surface area contributed by atoms with Crippen LogP contribution in [-0.2, 0) is 11.3 Å². The standard InChI is InChI=1S/C20H25N3O3S/c1-15-5-3-6-17(13-15)19(25)22-9-4-8-21(11-12-22)18(24)7-10-23-16(2)14-27-20(23)26/h3,5-6,13-14H,4,7-12H2,1-2H3. The van der Waals surface area contributed by atoms with Crippen LogP contribution in [0.25, 0.3) is 0 Å². The van der Waals surface area contributed by atoms with E-state index in [1.165, 1.54) is 0 Å². The van der Waals surface area contributed by atoms with E-state index in [0.717, 1.165) is 29.0 Å². The maximum Gasteiger partial charge on any atom is 0.307 e. The number of amides is 2. The maximum atomic E-state index is 12.7. The molecule has 0 atom stereocenters. The molecule has 1 aromatic carbocycles.